The summed E-state index contributed by atoms with van der Waals surface area (Å²) in [6, 6.07) is 11.4. The second-order valence-electron chi connectivity index (χ2n) is 5.32. The Labute approximate surface area is 143 Å². The predicted molar refractivity (Wildman–Crippen MR) is 89.7 cm³/mol. The van der Waals surface area contributed by atoms with E-state index in [1.165, 1.54) is 23.1 Å². The van der Waals surface area contributed by atoms with Gasteiger partial charge < -0.3 is 0 Å². The second-order valence-corrected chi connectivity index (χ2v) is 5.73. The van der Waals surface area contributed by atoms with Crippen molar-refractivity contribution in [3.63, 3.8) is 0 Å². The van der Waals surface area contributed by atoms with E-state index in [9.17, 15) is 9.18 Å². The highest BCUT2D eigenvalue weighted by Gasteiger charge is 2.10. The number of rotatable bonds is 4. The molecule has 1 amide bonds. The Morgan fingerprint density at radius 3 is 2.71 bits per heavy atom. The Kier molecular flexibility index (Phi) is 4.57. The maximum atomic E-state index is 13.1. The van der Waals surface area contributed by atoms with Gasteiger partial charge in [-0.1, -0.05) is 35.4 Å². The van der Waals surface area contributed by atoms with Crippen LogP contribution in [0.25, 0.3) is 0 Å². The lowest BCUT2D eigenvalue weighted by molar-refractivity contribution is 0.102. The first kappa shape index (κ1) is 16.1. The summed E-state index contributed by atoms with van der Waals surface area (Å²) in [7, 11) is 0. The number of aromatic nitrogens is 3. The molecule has 0 aliphatic heterocycles. The standard InChI is InChI=1S/C17H14ClFN4O/c1-11-2-4-12(5-3-11)16(24)21-17-20-10-23(22-17)9-13-6-7-14(19)8-15(13)18/h2-8,10H,9H2,1H3,(H,21,22,24). The average Bonchev–Trinajstić information content (AvgIpc) is 2.98. The van der Waals surface area contributed by atoms with Crippen LogP contribution >= 0.6 is 11.6 Å². The molecule has 0 aliphatic rings. The predicted octanol–water partition coefficient (Wildman–Crippen LogP) is 3.68. The molecule has 1 heterocycles. The zero-order valence-corrected chi connectivity index (χ0v) is 13.6. The van der Waals surface area contributed by atoms with E-state index in [1.54, 1.807) is 18.2 Å². The van der Waals surface area contributed by atoms with Crippen molar-refractivity contribution in [1.82, 2.24) is 14.8 Å². The Hall–Kier alpha value is -2.73. The number of anilines is 1. The van der Waals surface area contributed by atoms with Crippen LogP contribution in [-0.2, 0) is 6.54 Å². The third-order valence-electron chi connectivity index (χ3n) is 3.42. The van der Waals surface area contributed by atoms with Gasteiger partial charge in [-0.2, -0.15) is 0 Å². The molecule has 0 saturated heterocycles. The Balaban J connectivity index is 1.69. The van der Waals surface area contributed by atoms with Gasteiger partial charge in [0.2, 0.25) is 5.95 Å². The second kappa shape index (κ2) is 6.80. The molecule has 1 aromatic heterocycles. The fraction of sp³-hybridized carbons (Fsp3) is 0.118. The average molecular weight is 345 g/mol. The van der Waals surface area contributed by atoms with Crippen molar-refractivity contribution in [3.05, 3.63) is 76.3 Å². The van der Waals surface area contributed by atoms with E-state index in [4.69, 9.17) is 11.6 Å². The number of nitrogens with one attached hydrogen (secondary N) is 1. The van der Waals surface area contributed by atoms with Crippen LogP contribution in [0.15, 0.2) is 48.8 Å². The molecule has 24 heavy (non-hydrogen) atoms. The third kappa shape index (κ3) is 3.78. The number of carbonyl (C=O) groups is 1. The SMILES string of the molecule is Cc1ccc(C(=O)Nc2ncn(Cc3ccc(F)cc3Cl)n2)cc1. The van der Waals surface area contributed by atoms with Crippen LogP contribution in [0.2, 0.25) is 5.02 Å². The monoisotopic (exact) mass is 344 g/mol. The van der Waals surface area contributed by atoms with E-state index < -0.39 is 5.82 Å². The van der Waals surface area contributed by atoms with Gasteiger partial charge in [-0.15, -0.1) is 5.10 Å². The van der Waals surface area contributed by atoms with Crippen molar-refractivity contribution < 1.29 is 9.18 Å². The minimum atomic E-state index is -0.395. The number of carbonyl (C=O) groups excluding carboxylic acids is 1. The Morgan fingerprint density at radius 2 is 2.00 bits per heavy atom. The van der Waals surface area contributed by atoms with Crippen molar-refractivity contribution in [1.29, 1.82) is 0 Å². The molecule has 0 atom stereocenters. The molecule has 3 rings (SSSR count). The lowest BCUT2D eigenvalue weighted by Gasteiger charge is -2.04. The summed E-state index contributed by atoms with van der Waals surface area (Å²) >= 11 is 5.99. The van der Waals surface area contributed by atoms with Crippen LogP contribution in [0, 0.1) is 12.7 Å². The highest BCUT2D eigenvalue weighted by atomic mass is 35.5. The lowest BCUT2D eigenvalue weighted by atomic mass is 10.1. The van der Waals surface area contributed by atoms with E-state index in [-0.39, 0.29) is 11.9 Å². The summed E-state index contributed by atoms with van der Waals surface area (Å²) in [6.45, 7) is 2.28. The third-order valence-corrected chi connectivity index (χ3v) is 3.77. The molecule has 7 heteroatoms. The van der Waals surface area contributed by atoms with E-state index in [0.29, 0.717) is 22.7 Å². The molecular formula is C17H14ClFN4O. The van der Waals surface area contributed by atoms with Crippen molar-refractivity contribution in [2.45, 2.75) is 13.5 Å². The van der Waals surface area contributed by atoms with Gasteiger partial charge in [0.05, 0.1) is 6.54 Å². The van der Waals surface area contributed by atoms with E-state index in [0.717, 1.165) is 5.56 Å². The lowest BCUT2D eigenvalue weighted by Crippen LogP contribution is -2.13. The number of hydrogen-bond donors (Lipinski definition) is 1. The van der Waals surface area contributed by atoms with E-state index >= 15 is 0 Å². The quantitative estimate of drug-likeness (QED) is 0.785. The first-order chi connectivity index (χ1) is 11.5. The van der Waals surface area contributed by atoms with Crippen molar-refractivity contribution in [2.75, 3.05) is 5.32 Å². The molecule has 2 aromatic carbocycles. The number of halogens is 2. The number of benzene rings is 2. The highest BCUT2D eigenvalue weighted by Crippen LogP contribution is 2.18. The molecule has 1 N–H and O–H groups in total. The minimum absolute atomic E-state index is 0.193. The van der Waals surface area contributed by atoms with Gasteiger partial charge in [0, 0.05) is 10.6 Å². The highest BCUT2D eigenvalue weighted by molar-refractivity contribution is 6.31. The molecule has 0 fully saturated rings. The summed E-state index contributed by atoms with van der Waals surface area (Å²) in [5.74, 6) is -0.486. The van der Waals surface area contributed by atoms with Gasteiger partial charge >= 0.3 is 0 Å². The molecule has 3 aromatic rings. The van der Waals surface area contributed by atoms with Crippen molar-refractivity contribution in [3.8, 4) is 0 Å². The molecule has 0 spiro atoms. The molecule has 122 valence electrons. The molecule has 0 bridgehead atoms. The van der Waals surface area contributed by atoms with Gasteiger partial charge in [-0.25, -0.2) is 14.1 Å². The zero-order chi connectivity index (χ0) is 17.1. The summed E-state index contributed by atoms with van der Waals surface area (Å²) in [4.78, 5) is 16.2. The molecular weight excluding hydrogens is 331 g/mol. The summed E-state index contributed by atoms with van der Waals surface area (Å²) in [5.41, 5.74) is 2.31. The smallest absolute Gasteiger partial charge is 0.258 e. The normalized spacial score (nSPS) is 10.6. The Morgan fingerprint density at radius 1 is 1.25 bits per heavy atom. The fourth-order valence-corrected chi connectivity index (χ4v) is 2.36. The maximum absolute atomic E-state index is 13.1. The fourth-order valence-electron chi connectivity index (χ4n) is 2.13. The van der Waals surface area contributed by atoms with Gasteiger partial charge in [-0.3, -0.25) is 10.1 Å². The van der Waals surface area contributed by atoms with Crippen molar-refractivity contribution in [2.24, 2.45) is 0 Å². The summed E-state index contributed by atoms with van der Waals surface area (Å²) in [6.07, 6.45) is 1.48. The number of nitrogens with zero attached hydrogens (tertiary/aromatic N) is 3. The van der Waals surface area contributed by atoms with E-state index in [2.05, 4.69) is 15.4 Å². The Bertz CT molecular complexity index is 877. The van der Waals surface area contributed by atoms with Crippen LogP contribution in [0.3, 0.4) is 0 Å². The number of amides is 1. The zero-order valence-electron chi connectivity index (χ0n) is 12.8. The first-order valence-electron chi connectivity index (χ1n) is 7.22. The van der Waals surface area contributed by atoms with Crippen LogP contribution in [0.1, 0.15) is 21.5 Å². The largest absolute Gasteiger partial charge is 0.289 e. The molecule has 0 unspecified atom stereocenters. The van der Waals surface area contributed by atoms with E-state index in [1.807, 2.05) is 19.1 Å². The van der Waals surface area contributed by atoms with Gasteiger partial charge in [0.25, 0.3) is 5.91 Å². The van der Waals surface area contributed by atoms with Crippen LogP contribution in [0.4, 0.5) is 10.3 Å². The molecule has 0 saturated carbocycles. The summed E-state index contributed by atoms with van der Waals surface area (Å²) in [5, 5.41) is 7.12. The maximum Gasteiger partial charge on any atom is 0.258 e. The van der Waals surface area contributed by atoms with Crippen LogP contribution in [0.5, 0.6) is 0 Å². The number of hydrogen-bond acceptors (Lipinski definition) is 3. The molecule has 5 nitrogen and oxygen atoms in total. The topological polar surface area (TPSA) is 59.8 Å². The summed E-state index contributed by atoms with van der Waals surface area (Å²) < 4.78 is 14.6. The first-order valence-corrected chi connectivity index (χ1v) is 7.60. The molecule has 0 radical (unpaired) electrons. The van der Waals surface area contributed by atoms with Gasteiger partial charge in [-0.05, 0) is 36.8 Å². The van der Waals surface area contributed by atoms with Crippen LogP contribution < -0.4 is 5.32 Å². The van der Waals surface area contributed by atoms with Crippen LogP contribution in [-0.4, -0.2) is 20.7 Å². The van der Waals surface area contributed by atoms with Gasteiger partial charge in [0.15, 0.2) is 0 Å². The minimum Gasteiger partial charge on any atom is -0.289 e. The van der Waals surface area contributed by atoms with Gasteiger partial charge in [0.1, 0.15) is 12.1 Å². The van der Waals surface area contributed by atoms with Crippen molar-refractivity contribution >= 4 is 23.5 Å². The number of aryl methyl sites for hydroxylation is 1. The molecule has 0 aliphatic carbocycles.